The van der Waals surface area contributed by atoms with E-state index in [1.54, 1.807) is 41.3 Å². The van der Waals surface area contributed by atoms with Crippen LogP contribution in [0.3, 0.4) is 0 Å². The van der Waals surface area contributed by atoms with Crippen molar-refractivity contribution in [3.05, 3.63) is 93.6 Å². The smallest absolute Gasteiger partial charge is 0.254 e. The Morgan fingerprint density at radius 2 is 1.72 bits per heavy atom. The van der Waals surface area contributed by atoms with Gasteiger partial charge in [-0.05, 0) is 54.4 Å². The number of furan rings is 1. The summed E-state index contributed by atoms with van der Waals surface area (Å²) in [6.45, 7) is 2.69. The summed E-state index contributed by atoms with van der Waals surface area (Å²) in [6.07, 6.45) is 2.21. The predicted molar refractivity (Wildman–Crippen MR) is 122 cm³/mol. The Labute approximate surface area is 196 Å². The van der Waals surface area contributed by atoms with E-state index < -0.39 is 0 Å². The summed E-state index contributed by atoms with van der Waals surface area (Å²) in [5.41, 5.74) is 1.13. The Hall–Kier alpha value is -2.83. The minimum absolute atomic E-state index is 0.116. The largest absolute Gasteiger partial charge is 0.467 e. The first kappa shape index (κ1) is 23.8. The van der Waals surface area contributed by atoms with Gasteiger partial charge in [0.15, 0.2) is 0 Å². The van der Waals surface area contributed by atoms with Gasteiger partial charge in [-0.3, -0.25) is 9.59 Å². The van der Waals surface area contributed by atoms with Gasteiger partial charge in [0.25, 0.3) is 5.91 Å². The van der Waals surface area contributed by atoms with Crippen molar-refractivity contribution in [2.24, 2.45) is 0 Å². The lowest BCUT2D eigenvalue weighted by Gasteiger charge is -2.27. The second-order valence-electron chi connectivity index (χ2n) is 7.31. The summed E-state index contributed by atoms with van der Waals surface area (Å²) >= 11 is 12.0. The van der Waals surface area contributed by atoms with Crippen LogP contribution < -0.4 is 0 Å². The second-order valence-corrected chi connectivity index (χ2v) is 8.13. The normalized spacial score (nSPS) is 10.8. The molecule has 0 radical (unpaired) electrons. The molecule has 0 unspecified atom stereocenters. The van der Waals surface area contributed by atoms with Gasteiger partial charge in [-0.25, -0.2) is 4.39 Å². The maximum atomic E-state index is 13.3. The van der Waals surface area contributed by atoms with Gasteiger partial charge in [0.1, 0.15) is 18.1 Å². The van der Waals surface area contributed by atoms with E-state index in [1.807, 2.05) is 6.92 Å². The van der Waals surface area contributed by atoms with E-state index in [-0.39, 0.29) is 42.3 Å². The van der Waals surface area contributed by atoms with Crippen LogP contribution in [-0.4, -0.2) is 34.7 Å². The lowest BCUT2D eigenvalue weighted by Crippen LogP contribution is -2.42. The van der Waals surface area contributed by atoms with Crippen LogP contribution in [0.2, 0.25) is 10.0 Å². The zero-order valence-corrected chi connectivity index (χ0v) is 19.1. The minimum Gasteiger partial charge on any atom is -0.467 e. The molecule has 5 nitrogen and oxygen atoms in total. The molecule has 168 valence electrons. The highest BCUT2D eigenvalue weighted by molar-refractivity contribution is 6.42. The molecule has 0 aliphatic carbocycles. The van der Waals surface area contributed by atoms with Gasteiger partial charge in [0.05, 0.1) is 22.9 Å². The molecule has 0 N–H and O–H groups in total. The molecule has 2 amide bonds. The highest BCUT2D eigenvalue weighted by Crippen LogP contribution is 2.23. The van der Waals surface area contributed by atoms with Crippen molar-refractivity contribution in [1.29, 1.82) is 0 Å². The fraction of sp³-hybridized carbons (Fsp3) is 0.250. The molecule has 2 aromatic carbocycles. The van der Waals surface area contributed by atoms with Crippen molar-refractivity contribution < 1.29 is 18.4 Å². The second kappa shape index (κ2) is 11.2. The van der Waals surface area contributed by atoms with Crippen LogP contribution in [0.15, 0.2) is 65.3 Å². The van der Waals surface area contributed by atoms with E-state index in [0.717, 1.165) is 5.56 Å². The average molecular weight is 477 g/mol. The standard InChI is InChI=1S/C24H23Cl2FN2O3/c1-2-11-28(24(31)18-7-10-21(25)22(26)13-18)16-23(30)29(15-20-4-3-12-32-20)14-17-5-8-19(27)9-6-17/h3-10,12-13H,2,11,14-16H2,1H3. The van der Waals surface area contributed by atoms with E-state index in [9.17, 15) is 14.0 Å². The van der Waals surface area contributed by atoms with Crippen molar-refractivity contribution >= 4 is 35.0 Å². The van der Waals surface area contributed by atoms with E-state index >= 15 is 0 Å². The number of nitrogens with zero attached hydrogens (tertiary/aromatic N) is 2. The van der Waals surface area contributed by atoms with E-state index in [0.29, 0.717) is 29.3 Å². The molecule has 0 aliphatic heterocycles. The summed E-state index contributed by atoms with van der Waals surface area (Å²) in [7, 11) is 0. The molecule has 8 heteroatoms. The lowest BCUT2D eigenvalue weighted by atomic mass is 10.1. The molecule has 32 heavy (non-hydrogen) atoms. The highest BCUT2D eigenvalue weighted by atomic mass is 35.5. The lowest BCUT2D eigenvalue weighted by molar-refractivity contribution is -0.133. The Balaban J connectivity index is 1.79. The van der Waals surface area contributed by atoms with Crippen LogP contribution in [0.4, 0.5) is 4.39 Å². The van der Waals surface area contributed by atoms with Gasteiger partial charge in [-0.15, -0.1) is 0 Å². The predicted octanol–water partition coefficient (Wildman–Crippen LogP) is 5.81. The molecular formula is C24H23Cl2FN2O3. The van der Waals surface area contributed by atoms with Crippen LogP contribution in [-0.2, 0) is 17.9 Å². The first-order valence-electron chi connectivity index (χ1n) is 10.2. The fourth-order valence-corrected chi connectivity index (χ4v) is 3.53. The number of carbonyl (C=O) groups excluding carboxylic acids is 2. The van der Waals surface area contributed by atoms with Crippen molar-refractivity contribution in [3.8, 4) is 0 Å². The molecule has 1 aromatic heterocycles. The summed E-state index contributed by atoms with van der Waals surface area (Å²) in [5.74, 6) is -0.302. The Kier molecular flexibility index (Phi) is 8.31. The van der Waals surface area contributed by atoms with Crippen molar-refractivity contribution in [1.82, 2.24) is 9.80 Å². The average Bonchev–Trinajstić information content (AvgIpc) is 3.29. The molecule has 0 spiro atoms. The number of amides is 2. The SMILES string of the molecule is CCCN(CC(=O)N(Cc1ccc(F)cc1)Cc1ccco1)C(=O)c1ccc(Cl)c(Cl)c1. The van der Waals surface area contributed by atoms with E-state index in [2.05, 4.69) is 0 Å². The van der Waals surface area contributed by atoms with Crippen LogP contribution in [0.1, 0.15) is 35.0 Å². The van der Waals surface area contributed by atoms with Crippen LogP contribution >= 0.6 is 23.2 Å². The van der Waals surface area contributed by atoms with Gasteiger partial charge in [0, 0.05) is 18.7 Å². The summed E-state index contributed by atoms with van der Waals surface area (Å²) in [6, 6.07) is 14.1. The number of carbonyl (C=O) groups is 2. The zero-order valence-electron chi connectivity index (χ0n) is 17.6. The molecule has 0 saturated heterocycles. The molecule has 0 bridgehead atoms. The summed E-state index contributed by atoms with van der Waals surface area (Å²) in [5, 5.41) is 0.626. The number of hydrogen-bond donors (Lipinski definition) is 0. The quantitative estimate of drug-likeness (QED) is 0.391. The number of rotatable bonds is 9. The first-order chi connectivity index (χ1) is 15.4. The van der Waals surface area contributed by atoms with Crippen LogP contribution in [0.25, 0.3) is 0 Å². The maximum absolute atomic E-state index is 13.3. The number of benzene rings is 2. The van der Waals surface area contributed by atoms with Gasteiger partial charge in [-0.1, -0.05) is 42.3 Å². The minimum atomic E-state index is -0.348. The van der Waals surface area contributed by atoms with E-state index in [4.69, 9.17) is 27.6 Å². The van der Waals surface area contributed by atoms with Crippen LogP contribution in [0, 0.1) is 5.82 Å². The fourth-order valence-electron chi connectivity index (χ4n) is 3.23. The van der Waals surface area contributed by atoms with Gasteiger partial charge in [-0.2, -0.15) is 0 Å². The summed E-state index contributed by atoms with van der Waals surface area (Å²) in [4.78, 5) is 29.4. The number of halogens is 3. The first-order valence-corrected chi connectivity index (χ1v) is 10.9. The molecule has 0 atom stereocenters. The molecule has 3 aromatic rings. The van der Waals surface area contributed by atoms with Gasteiger partial charge >= 0.3 is 0 Å². The monoisotopic (exact) mass is 476 g/mol. The molecular weight excluding hydrogens is 454 g/mol. The van der Waals surface area contributed by atoms with Crippen molar-refractivity contribution in [3.63, 3.8) is 0 Å². The van der Waals surface area contributed by atoms with Crippen LogP contribution in [0.5, 0.6) is 0 Å². The molecule has 0 aliphatic rings. The Morgan fingerprint density at radius 1 is 0.969 bits per heavy atom. The third-order valence-corrected chi connectivity index (χ3v) is 5.58. The topological polar surface area (TPSA) is 53.8 Å². The third-order valence-electron chi connectivity index (χ3n) is 4.84. The molecule has 0 fully saturated rings. The highest BCUT2D eigenvalue weighted by Gasteiger charge is 2.23. The maximum Gasteiger partial charge on any atom is 0.254 e. The van der Waals surface area contributed by atoms with Crippen molar-refractivity contribution in [2.75, 3.05) is 13.1 Å². The molecule has 0 saturated carbocycles. The zero-order chi connectivity index (χ0) is 23.1. The Bertz CT molecular complexity index is 1060. The van der Waals surface area contributed by atoms with Crippen molar-refractivity contribution in [2.45, 2.75) is 26.4 Å². The van der Waals surface area contributed by atoms with Gasteiger partial charge in [0.2, 0.25) is 5.91 Å². The number of hydrogen-bond acceptors (Lipinski definition) is 3. The Morgan fingerprint density at radius 3 is 2.34 bits per heavy atom. The third kappa shape index (κ3) is 6.34. The molecule has 3 rings (SSSR count). The van der Waals surface area contributed by atoms with E-state index in [1.165, 1.54) is 29.4 Å². The van der Waals surface area contributed by atoms with Gasteiger partial charge < -0.3 is 14.2 Å². The molecule has 1 heterocycles. The summed E-state index contributed by atoms with van der Waals surface area (Å²) < 4.78 is 18.7.